The fourth-order valence-electron chi connectivity index (χ4n) is 2.02. The molecule has 116 valence electrons. The molecule has 2 amide bonds. The number of hydrogen-bond donors (Lipinski definition) is 2. The first-order chi connectivity index (χ1) is 10.3. The molecule has 2 N–H and O–H groups in total. The molecule has 1 aliphatic heterocycles. The highest BCUT2D eigenvalue weighted by atomic mass is 16.6. The van der Waals surface area contributed by atoms with E-state index in [0.717, 1.165) is 16.7 Å². The predicted octanol–water partition coefficient (Wildman–Crippen LogP) is 2.20. The lowest BCUT2D eigenvalue weighted by Crippen LogP contribution is -2.32. The van der Waals surface area contributed by atoms with Crippen LogP contribution in [0.3, 0.4) is 0 Å². The smallest absolute Gasteiger partial charge is 0.407 e. The van der Waals surface area contributed by atoms with Crippen molar-refractivity contribution in [1.82, 2.24) is 10.6 Å². The van der Waals surface area contributed by atoms with Crippen molar-refractivity contribution in [2.24, 2.45) is 0 Å². The number of fused-ring (bicyclic) bond motifs is 1. The normalized spacial score (nSPS) is 12.8. The Bertz CT molecular complexity index is 648. The molecule has 2 rings (SSSR count). The molecule has 5 heteroatoms. The number of rotatable bonds is 2. The van der Waals surface area contributed by atoms with Crippen molar-refractivity contribution >= 4 is 12.0 Å². The van der Waals surface area contributed by atoms with Crippen LogP contribution in [0.5, 0.6) is 0 Å². The third kappa shape index (κ3) is 4.52. The zero-order valence-corrected chi connectivity index (χ0v) is 13.1. The van der Waals surface area contributed by atoms with Gasteiger partial charge in [-0.1, -0.05) is 11.8 Å². The van der Waals surface area contributed by atoms with Gasteiger partial charge < -0.3 is 15.4 Å². The molecular weight excluding hydrogens is 280 g/mol. The Morgan fingerprint density at radius 2 is 2.18 bits per heavy atom. The summed E-state index contributed by atoms with van der Waals surface area (Å²) in [7, 11) is 0. The Labute approximate surface area is 130 Å². The molecule has 0 aromatic heterocycles. The number of amides is 2. The van der Waals surface area contributed by atoms with E-state index in [2.05, 4.69) is 22.5 Å². The quantitative estimate of drug-likeness (QED) is 0.650. The number of hydrogen-bond acceptors (Lipinski definition) is 3. The van der Waals surface area contributed by atoms with Crippen molar-refractivity contribution in [2.45, 2.75) is 39.3 Å². The highest BCUT2D eigenvalue weighted by Crippen LogP contribution is 2.16. The summed E-state index contributed by atoms with van der Waals surface area (Å²) in [4.78, 5) is 22.9. The second-order valence-corrected chi connectivity index (χ2v) is 6.04. The lowest BCUT2D eigenvalue weighted by molar-refractivity contribution is 0.0529. The van der Waals surface area contributed by atoms with Gasteiger partial charge in [0, 0.05) is 30.6 Å². The SMILES string of the molecule is CC(C)(C)OC(=O)NCCC#Cc1ccc2c(c1)CNC2=O. The van der Waals surface area contributed by atoms with Gasteiger partial charge in [-0.2, -0.15) is 0 Å². The van der Waals surface area contributed by atoms with Gasteiger partial charge in [0.15, 0.2) is 0 Å². The molecule has 0 radical (unpaired) electrons. The molecule has 1 aromatic carbocycles. The first kappa shape index (κ1) is 15.9. The molecule has 0 aliphatic carbocycles. The summed E-state index contributed by atoms with van der Waals surface area (Å²) in [6.45, 7) is 6.45. The molecule has 1 heterocycles. The fourth-order valence-corrected chi connectivity index (χ4v) is 2.02. The molecular formula is C17H20N2O3. The van der Waals surface area contributed by atoms with Crippen molar-refractivity contribution in [3.63, 3.8) is 0 Å². The first-order valence-corrected chi connectivity index (χ1v) is 7.22. The molecule has 0 unspecified atom stereocenters. The number of carbonyl (C=O) groups excluding carboxylic acids is 2. The number of benzene rings is 1. The second kappa shape index (κ2) is 6.52. The van der Waals surface area contributed by atoms with E-state index in [1.807, 2.05) is 32.9 Å². The predicted molar refractivity (Wildman–Crippen MR) is 83.3 cm³/mol. The maximum absolute atomic E-state index is 11.4. The summed E-state index contributed by atoms with van der Waals surface area (Å²) in [5.74, 6) is 6.00. The van der Waals surface area contributed by atoms with Crippen LogP contribution >= 0.6 is 0 Å². The third-order valence-corrected chi connectivity index (χ3v) is 2.94. The highest BCUT2D eigenvalue weighted by Gasteiger charge is 2.18. The zero-order valence-electron chi connectivity index (χ0n) is 13.1. The van der Waals surface area contributed by atoms with Gasteiger partial charge in [-0.15, -0.1) is 0 Å². The molecule has 0 fully saturated rings. The van der Waals surface area contributed by atoms with Crippen LogP contribution in [-0.4, -0.2) is 24.1 Å². The van der Waals surface area contributed by atoms with Crippen molar-refractivity contribution in [2.75, 3.05) is 6.54 Å². The maximum Gasteiger partial charge on any atom is 0.407 e. The lowest BCUT2D eigenvalue weighted by atomic mass is 10.1. The number of alkyl carbamates (subject to hydrolysis) is 1. The molecule has 0 saturated carbocycles. The average molecular weight is 300 g/mol. The Morgan fingerprint density at radius 3 is 2.91 bits per heavy atom. The van der Waals surface area contributed by atoms with Crippen molar-refractivity contribution in [3.05, 3.63) is 34.9 Å². The van der Waals surface area contributed by atoms with E-state index in [0.29, 0.717) is 19.5 Å². The molecule has 1 aromatic rings. The molecule has 0 atom stereocenters. The average Bonchev–Trinajstić information content (AvgIpc) is 2.77. The number of nitrogens with one attached hydrogen (secondary N) is 2. The molecule has 0 spiro atoms. The molecule has 5 nitrogen and oxygen atoms in total. The van der Waals surface area contributed by atoms with Crippen molar-refractivity contribution in [1.29, 1.82) is 0 Å². The monoisotopic (exact) mass is 300 g/mol. The Morgan fingerprint density at radius 1 is 1.41 bits per heavy atom. The van der Waals surface area contributed by atoms with Gasteiger partial charge in [-0.3, -0.25) is 4.79 Å². The second-order valence-electron chi connectivity index (χ2n) is 6.04. The van der Waals surface area contributed by atoms with Crippen LogP contribution in [0.4, 0.5) is 4.79 Å². The van der Waals surface area contributed by atoms with Crippen molar-refractivity contribution < 1.29 is 14.3 Å². The molecule has 0 bridgehead atoms. The van der Waals surface area contributed by atoms with Crippen molar-refractivity contribution in [3.8, 4) is 11.8 Å². The van der Waals surface area contributed by atoms with Gasteiger partial charge >= 0.3 is 6.09 Å². The van der Waals surface area contributed by atoms with Gasteiger partial charge in [-0.25, -0.2) is 4.79 Å². The van der Waals surface area contributed by atoms with E-state index < -0.39 is 11.7 Å². The lowest BCUT2D eigenvalue weighted by Gasteiger charge is -2.19. The summed E-state index contributed by atoms with van der Waals surface area (Å²) in [5, 5.41) is 5.43. The number of carbonyl (C=O) groups is 2. The van der Waals surface area contributed by atoms with E-state index in [1.165, 1.54) is 0 Å². The maximum atomic E-state index is 11.4. The summed E-state index contributed by atoms with van der Waals surface area (Å²) < 4.78 is 5.13. The van der Waals surface area contributed by atoms with Crippen LogP contribution < -0.4 is 10.6 Å². The molecule has 0 saturated heterocycles. The minimum absolute atomic E-state index is 0.0314. The zero-order chi connectivity index (χ0) is 16.2. The van der Waals surface area contributed by atoms with E-state index in [1.54, 1.807) is 6.07 Å². The summed E-state index contributed by atoms with van der Waals surface area (Å²) in [6.07, 6.45) is 0.101. The molecule has 22 heavy (non-hydrogen) atoms. The molecule has 1 aliphatic rings. The fraction of sp³-hybridized carbons (Fsp3) is 0.412. The topological polar surface area (TPSA) is 67.4 Å². The standard InChI is InChI=1S/C17H20N2O3/c1-17(2,3)22-16(21)18-9-5-4-6-12-7-8-14-13(10-12)11-19-15(14)20/h7-8,10H,5,9,11H2,1-3H3,(H,18,21)(H,19,20). The Balaban J connectivity index is 1.80. The minimum Gasteiger partial charge on any atom is -0.444 e. The minimum atomic E-state index is -0.494. The van der Waals surface area contributed by atoms with Gasteiger partial charge in [0.1, 0.15) is 5.60 Å². The Hall–Kier alpha value is -2.48. The largest absolute Gasteiger partial charge is 0.444 e. The Kier molecular flexibility index (Phi) is 4.71. The van der Waals surface area contributed by atoms with Crippen LogP contribution in [-0.2, 0) is 11.3 Å². The van der Waals surface area contributed by atoms with Crippen LogP contribution in [0.25, 0.3) is 0 Å². The van der Waals surface area contributed by atoms with E-state index >= 15 is 0 Å². The van der Waals surface area contributed by atoms with Crippen LogP contribution in [0.2, 0.25) is 0 Å². The summed E-state index contributed by atoms with van der Waals surface area (Å²) in [5.41, 5.74) is 2.07. The van der Waals surface area contributed by atoms with Gasteiger partial charge in [0.2, 0.25) is 0 Å². The van der Waals surface area contributed by atoms with Gasteiger partial charge in [0.05, 0.1) is 0 Å². The third-order valence-electron chi connectivity index (χ3n) is 2.94. The summed E-state index contributed by atoms with van der Waals surface area (Å²) in [6, 6.07) is 5.54. The van der Waals surface area contributed by atoms with Crippen LogP contribution in [0.1, 0.15) is 48.7 Å². The highest BCUT2D eigenvalue weighted by molar-refractivity contribution is 5.98. The van der Waals surface area contributed by atoms with Crippen LogP contribution in [0.15, 0.2) is 18.2 Å². The van der Waals surface area contributed by atoms with Gasteiger partial charge in [-0.05, 0) is 44.5 Å². The van der Waals surface area contributed by atoms with Gasteiger partial charge in [0.25, 0.3) is 5.91 Å². The first-order valence-electron chi connectivity index (χ1n) is 7.22. The van der Waals surface area contributed by atoms with E-state index in [-0.39, 0.29) is 5.91 Å². The van der Waals surface area contributed by atoms with E-state index in [9.17, 15) is 9.59 Å². The van der Waals surface area contributed by atoms with Crippen LogP contribution in [0, 0.1) is 11.8 Å². The van der Waals surface area contributed by atoms with E-state index in [4.69, 9.17) is 4.74 Å². The summed E-state index contributed by atoms with van der Waals surface area (Å²) >= 11 is 0. The number of ether oxygens (including phenoxy) is 1.